The van der Waals surface area contributed by atoms with Crippen molar-refractivity contribution in [1.29, 1.82) is 5.26 Å². The van der Waals surface area contributed by atoms with Crippen molar-refractivity contribution < 1.29 is 0 Å². The van der Waals surface area contributed by atoms with Gasteiger partial charge in [0.05, 0.1) is 6.07 Å². The Hall–Kier alpha value is -1.79. The van der Waals surface area contributed by atoms with Crippen LogP contribution in [0.5, 0.6) is 0 Å². The molecule has 2 nitrogen and oxygen atoms in total. The van der Waals surface area contributed by atoms with Crippen LogP contribution in [0, 0.1) is 32.1 Å². The SMILES string of the molecule is Cc1cc(C)c(C(C#N)Nc2cccc(Br)c2)c(C)c1. The van der Waals surface area contributed by atoms with Crippen molar-refractivity contribution in [2.24, 2.45) is 0 Å². The lowest BCUT2D eigenvalue weighted by molar-refractivity contribution is 0.962. The van der Waals surface area contributed by atoms with Crippen LogP contribution < -0.4 is 5.32 Å². The van der Waals surface area contributed by atoms with Gasteiger partial charge < -0.3 is 5.32 Å². The summed E-state index contributed by atoms with van der Waals surface area (Å²) < 4.78 is 0.997. The normalized spacial score (nSPS) is 11.8. The van der Waals surface area contributed by atoms with Gasteiger partial charge in [-0.25, -0.2) is 0 Å². The molecule has 3 heteroatoms. The van der Waals surface area contributed by atoms with Crippen molar-refractivity contribution in [3.63, 3.8) is 0 Å². The Labute approximate surface area is 128 Å². The van der Waals surface area contributed by atoms with Gasteiger partial charge in [0.1, 0.15) is 6.04 Å². The van der Waals surface area contributed by atoms with E-state index in [1.54, 1.807) is 0 Å². The zero-order valence-electron chi connectivity index (χ0n) is 11.9. The second-order valence-corrected chi connectivity index (χ2v) is 5.94. The summed E-state index contributed by atoms with van der Waals surface area (Å²) >= 11 is 3.45. The van der Waals surface area contributed by atoms with Gasteiger partial charge in [-0.2, -0.15) is 5.26 Å². The molecule has 0 aliphatic carbocycles. The van der Waals surface area contributed by atoms with Crippen LogP contribution in [0.1, 0.15) is 28.3 Å². The highest BCUT2D eigenvalue weighted by molar-refractivity contribution is 9.10. The van der Waals surface area contributed by atoms with Gasteiger partial charge >= 0.3 is 0 Å². The molecule has 1 atom stereocenters. The second-order valence-electron chi connectivity index (χ2n) is 5.03. The van der Waals surface area contributed by atoms with Crippen LogP contribution in [0.4, 0.5) is 5.69 Å². The number of nitriles is 1. The van der Waals surface area contributed by atoms with E-state index in [9.17, 15) is 5.26 Å². The van der Waals surface area contributed by atoms with Crippen molar-refractivity contribution in [3.05, 3.63) is 63.1 Å². The molecule has 0 saturated carbocycles. The molecular weight excluding hydrogens is 312 g/mol. The van der Waals surface area contributed by atoms with E-state index in [4.69, 9.17) is 0 Å². The molecule has 20 heavy (non-hydrogen) atoms. The van der Waals surface area contributed by atoms with Crippen LogP contribution in [0.25, 0.3) is 0 Å². The summed E-state index contributed by atoms with van der Waals surface area (Å²) in [5.74, 6) is 0. The third-order valence-electron chi connectivity index (χ3n) is 3.29. The predicted octanol–water partition coefficient (Wildman–Crippen LogP) is 5.05. The molecule has 0 amide bonds. The molecule has 0 aliphatic heterocycles. The fraction of sp³-hybridized carbons (Fsp3) is 0.235. The van der Waals surface area contributed by atoms with Crippen LogP contribution in [-0.2, 0) is 0 Å². The van der Waals surface area contributed by atoms with Gasteiger partial charge in [-0.05, 0) is 55.7 Å². The largest absolute Gasteiger partial charge is 0.366 e. The number of aryl methyl sites for hydroxylation is 3. The Morgan fingerprint density at radius 1 is 1.10 bits per heavy atom. The number of rotatable bonds is 3. The molecule has 2 aromatic rings. The Balaban J connectivity index is 2.37. The predicted molar refractivity (Wildman–Crippen MR) is 86.8 cm³/mol. The van der Waals surface area contributed by atoms with E-state index >= 15 is 0 Å². The number of anilines is 1. The van der Waals surface area contributed by atoms with Gasteiger partial charge in [0.2, 0.25) is 0 Å². The first-order valence-electron chi connectivity index (χ1n) is 6.50. The van der Waals surface area contributed by atoms with Gasteiger partial charge in [-0.1, -0.05) is 39.7 Å². The van der Waals surface area contributed by atoms with Crippen molar-refractivity contribution in [3.8, 4) is 6.07 Å². The van der Waals surface area contributed by atoms with Gasteiger partial charge in [-0.15, -0.1) is 0 Å². The van der Waals surface area contributed by atoms with Gasteiger partial charge in [0.15, 0.2) is 0 Å². The molecule has 2 rings (SSSR count). The first-order chi connectivity index (χ1) is 9.51. The fourth-order valence-electron chi connectivity index (χ4n) is 2.56. The third-order valence-corrected chi connectivity index (χ3v) is 3.78. The highest BCUT2D eigenvalue weighted by Crippen LogP contribution is 2.27. The van der Waals surface area contributed by atoms with E-state index in [0.29, 0.717) is 0 Å². The van der Waals surface area contributed by atoms with E-state index in [2.05, 4.69) is 60.2 Å². The summed E-state index contributed by atoms with van der Waals surface area (Å²) in [7, 11) is 0. The van der Waals surface area contributed by atoms with Crippen LogP contribution >= 0.6 is 15.9 Å². The van der Waals surface area contributed by atoms with Crippen molar-refractivity contribution in [2.45, 2.75) is 26.8 Å². The summed E-state index contributed by atoms with van der Waals surface area (Å²) in [5.41, 5.74) is 5.53. The Kier molecular flexibility index (Phi) is 4.46. The standard InChI is InChI=1S/C17H17BrN2/c1-11-7-12(2)17(13(3)8-11)16(10-19)20-15-6-4-5-14(18)9-15/h4-9,16,20H,1-3H3. The quantitative estimate of drug-likeness (QED) is 0.855. The maximum absolute atomic E-state index is 9.50. The number of halogens is 1. The van der Waals surface area contributed by atoms with E-state index in [1.165, 1.54) is 5.56 Å². The number of hydrogen-bond donors (Lipinski definition) is 1. The third kappa shape index (κ3) is 3.20. The highest BCUT2D eigenvalue weighted by atomic mass is 79.9. The molecule has 0 spiro atoms. The molecule has 0 saturated heterocycles. The zero-order chi connectivity index (χ0) is 14.7. The van der Waals surface area contributed by atoms with E-state index in [0.717, 1.165) is 26.9 Å². The number of nitrogens with one attached hydrogen (secondary N) is 1. The van der Waals surface area contributed by atoms with Gasteiger partial charge in [-0.3, -0.25) is 0 Å². The fourth-order valence-corrected chi connectivity index (χ4v) is 2.96. The molecule has 0 heterocycles. The molecule has 1 unspecified atom stereocenters. The number of benzene rings is 2. The molecular formula is C17H17BrN2. The first kappa shape index (κ1) is 14.6. The highest BCUT2D eigenvalue weighted by Gasteiger charge is 2.16. The topological polar surface area (TPSA) is 35.8 Å². The summed E-state index contributed by atoms with van der Waals surface area (Å²) in [6.45, 7) is 6.19. The average molecular weight is 329 g/mol. The molecule has 1 N–H and O–H groups in total. The number of nitrogens with zero attached hydrogens (tertiary/aromatic N) is 1. The van der Waals surface area contributed by atoms with Gasteiger partial charge in [0, 0.05) is 10.2 Å². The molecule has 2 aromatic carbocycles. The number of hydrogen-bond acceptors (Lipinski definition) is 2. The maximum Gasteiger partial charge on any atom is 0.140 e. The van der Waals surface area contributed by atoms with E-state index < -0.39 is 0 Å². The lowest BCUT2D eigenvalue weighted by Crippen LogP contribution is -2.12. The summed E-state index contributed by atoms with van der Waals surface area (Å²) in [6, 6.07) is 14.1. The second kappa shape index (κ2) is 6.11. The minimum absolute atomic E-state index is 0.343. The zero-order valence-corrected chi connectivity index (χ0v) is 13.5. The maximum atomic E-state index is 9.50. The summed E-state index contributed by atoms with van der Waals surface area (Å²) in [6.07, 6.45) is 0. The van der Waals surface area contributed by atoms with Crippen molar-refractivity contribution >= 4 is 21.6 Å². The lowest BCUT2D eigenvalue weighted by Gasteiger charge is -2.19. The average Bonchev–Trinajstić information content (AvgIpc) is 2.36. The van der Waals surface area contributed by atoms with Crippen LogP contribution in [0.3, 0.4) is 0 Å². The minimum Gasteiger partial charge on any atom is -0.366 e. The molecule has 0 aliphatic rings. The Bertz CT molecular complexity index is 648. The monoisotopic (exact) mass is 328 g/mol. The van der Waals surface area contributed by atoms with Crippen molar-refractivity contribution in [2.75, 3.05) is 5.32 Å². The van der Waals surface area contributed by atoms with Crippen LogP contribution in [0.2, 0.25) is 0 Å². The Morgan fingerprint density at radius 2 is 1.75 bits per heavy atom. The van der Waals surface area contributed by atoms with Crippen LogP contribution in [0.15, 0.2) is 40.9 Å². The minimum atomic E-state index is -0.343. The Morgan fingerprint density at radius 3 is 2.30 bits per heavy atom. The lowest BCUT2D eigenvalue weighted by atomic mass is 9.94. The molecule has 0 bridgehead atoms. The van der Waals surface area contributed by atoms with E-state index in [-0.39, 0.29) is 6.04 Å². The van der Waals surface area contributed by atoms with Crippen LogP contribution in [-0.4, -0.2) is 0 Å². The molecule has 0 radical (unpaired) electrons. The summed E-state index contributed by atoms with van der Waals surface area (Å²) in [5, 5.41) is 12.8. The van der Waals surface area contributed by atoms with Crippen molar-refractivity contribution in [1.82, 2.24) is 0 Å². The van der Waals surface area contributed by atoms with Gasteiger partial charge in [0.25, 0.3) is 0 Å². The molecule has 0 aromatic heterocycles. The smallest absolute Gasteiger partial charge is 0.140 e. The van der Waals surface area contributed by atoms with E-state index in [1.807, 2.05) is 24.3 Å². The summed E-state index contributed by atoms with van der Waals surface area (Å²) in [4.78, 5) is 0. The first-order valence-corrected chi connectivity index (χ1v) is 7.30. The molecule has 0 fully saturated rings. The molecule has 102 valence electrons.